The van der Waals surface area contributed by atoms with Gasteiger partial charge in [0.05, 0.1) is 7.11 Å². The van der Waals surface area contributed by atoms with Crippen molar-refractivity contribution < 1.29 is 9.84 Å². The molecule has 0 radical (unpaired) electrons. The van der Waals surface area contributed by atoms with Crippen LogP contribution in [-0.2, 0) is 6.42 Å². The Hall–Kier alpha value is -1.02. The lowest BCUT2D eigenvalue weighted by atomic mass is 10.0. The minimum Gasteiger partial charge on any atom is -0.496 e. The normalized spacial score (nSPS) is 10.5. The molecule has 1 aromatic carbocycles. The lowest BCUT2D eigenvalue weighted by molar-refractivity contribution is 0.283. The fraction of sp³-hybridized carbons (Fsp3) is 0.571. The monoisotopic (exact) mass is 222 g/mol. The summed E-state index contributed by atoms with van der Waals surface area (Å²) in [5.74, 6) is 0.993. The second-order valence-corrected chi connectivity index (χ2v) is 4.28. The summed E-state index contributed by atoms with van der Waals surface area (Å²) in [4.78, 5) is 0. The van der Waals surface area contributed by atoms with E-state index in [0.717, 1.165) is 31.4 Å². The Balaban J connectivity index is 2.66. The number of rotatable bonds is 6. The Morgan fingerprint density at radius 3 is 2.38 bits per heavy atom. The van der Waals surface area contributed by atoms with Crippen LogP contribution in [0.25, 0.3) is 0 Å². The molecule has 0 atom stereocenters. The molecule has 0 fully saturated rings. The molecular weight excluding hydrogens is 200 g/mol. The number of aliphatic hydroxyl groups is 1. The third-order valence-electron chi connectivity index (χ3n) is 3.00. The number of aryl methyl sites for hydroxylation is 3. The van der Waals surface area contributed by atoms with E-state index >= 15 is 0 Å². The van der Waals surface area contributed by atoms with Crippen molar-refractivity contribution >= 4 is 0 Å². The maximum Gasteiger partial charge on any atom is 0.122 e. The zero-order chi connectivity index (χ0) is 12.0. The third kappa shape index (κ3) is 3.53. The molecule has 0 heterocycles. The Morgan fingerprint density at radius 2 is 1.75 bits per heavy atom. The summed E-state index contributed by atoms with van der Waals surface area (Å²) in [5, 5.41) is 8.72. The number of hydrogen-bond acceptors (Lipinski definition) is 2. The summed E-state index contributed by atoms with van der Waals surface area (Å²) in [5.41, 5.74) is 3.87. The van der Waals surface area contributed by atoms with Crippen molar-refractivity contribution in [1.29, 1.82) is 0 Å². The molecule has 90 valence electrons. The fourth-order valence-electron chi connectivity index (χ4n) is 1.84. The minimum atomic E-state index is 0.296. The van der Waals surface area contributed by atoms with Crippen molar-refractivity contribution in [3.05, 3.63) is 28.8 Å². The Kier molecular flexibility index (Phi) is 5.33. The summed E-state index contributed by atoms with van der Waals surface area (Å²) in [6.07, 6.45) is 4.11. The SMILES string of the molecule is COc1cc(C)c(C)cc1CCCCCO. The standard InChI is InChI=1S/C14H22O2/c1-11-9-13(7-5-4-6-8-15)14(16-3)10-12(11)2/h9-10,15H,4-8H2,1-3H3. The van der Waals surface area contributed by atoms with E-state index in [4.69, 9.17) is 9.84 Å². The molecule has 0 aliphatic heterocycles. The van der Waals surface area contributed by atoms with Crippen LogP contribution in [0, 0.1) is 13.8 Å². The van der Waals surface area contributed by atoms with Crippen LogP contribution in [0.5, 0.6) is 5.75 Å². The highest BCUT2D eigenvalue weighted by Gasteiger charge is 2.05. The van der Waals surface area contributed by atoms with Crippen molar-refractivity contribution in [2.75, 3.05) is 13.7 Å². The number of unbranched alkanes of at least 4 members (excludes halogenated alkanes) is 2. The van der Waals surface area contributed by atoms with Crippen LogP contribution < -0.4 is 4.74 Å². The van der Waals surface area contributed by atoms with Crippen LogP contribution in [0.2, 0.25) is 0 Å². The zero-order valence-corrected chi connectivity index (χ0v) is 10.5. The zero-order valence-electron chi connectivity index (χ0n) is 10.5. The highest BCUT2D eigenvalue weighted by Crippen LogP contribution is 2.24. The van der Waals surface area contributed by atoms with Crippen LogP contribution in [-0.4, -0.2) is 18.8 Å². The molecule has 2 heteroatoms. The first-order chi connectivity index (χ1) is 7.69. The lowest BCUT2D eigenvalue weighted by Crippen LogP contribution is -1.96. The molecule has 0 aromatic heterocycles. The second-order valence-electron chi connectivity index (χ2n) is 4.28. The third-order valence-corrected chi connectivity index (χ3v) is 3.00. The first kappa shape index (κ1) is 13.0. The van der Waals surface area contributed by atoms with Gasteiger partial charge in [-0.3, -0.25) is 0 Å². The molecule has 1 aromatic rings. The van der Waals surface area contributed by atoms with Gasteiger partial charge in [0, 0.05) is 6.61 Å². The predicted molar refractivity (Wildman–Crippen MR) is 67.1 cm³/mol. The average molecular weight is 222 g/mol. The molecule has 0 saturated carbocycles. The van der Waals surface area contributed by atoms with Gasteiger partial charge >= 0.3 is 0 Å². The van der Waals surface area contributed by atoms with Crippen LogP contribution in [0.15, 0.2) is 12.1 Å². The predicted octanol–water partition coefficient (Wildman–Crippen LogP) is 3.02. The number of aliphatic hydroxyl groups excluding tert-OH is 1. The summed E-state index contributed by atoms with van der Waals surface area (Å²) in [6, 6.07) is 4.32. The van der Waals surface area contributed by atoms with Crippen molar-refractivity contribution in [2.45, 2.75) is 39.5 Å². The molecule has 0 aliphatic rings. The van der Waals surface area contributed by atoms with Crippen LogP contribution in [0.1, 0.15) is 36.0 Å². The van der Waals surface area contributed by atoms with Gasteiger partial charge in [-0.2, -0.15) is 0 Å². The molecule has 16 heavy (non-hydrogen) atoms. The molecule has 2 nitrogen and oxygen atoms in total. The van der Waals surface area contributed by atoms with Crippen LogP contribution >= 0.6 is 0 Å². The molecule has 1 rings (SSSR count). The van der Waals surface area contributed by atoms with E-state index in [1.807, 2.05) is 0 Å². The summed E-state index contributed by atoms with van der Waals surface area (Å²) in [7, 11) is 1.72. The minimum absolute atomic E-state index is 0.296. The highest BCUT2D eigenvalue weighted by molar-refractivity contribution is 5.41. The van der Waals surface area contributed by atoms with Crippen LogP contribution in [0.4, 0.5) is 0 Å². The second kappa shape index (κ2) is 6.54. The molecule has 0 unspecified atom stereocenters. The largest absolute Gasteiger partial charge is 0.496 e. The molecule has 1 N–H and O–H groups in total. The molecule has 0 bridgehead atoms. The van der Waals surface area contributed by atoms with Gasteiger partial charge in [0.1, 0.15) is 5.75 Å². The Morgan fingerprint density at radius 1 is 1.06 bits per heavy atom. The van der Waals surface area contributed by atoms with E-state index in [-0.39, 0.29) is 0 Å². The molecule has 0 aliphatic carbocycles. The maximum atomic E-state index is 8.72. The van der Waals surface area contributed by atoms with E-state index in [1.54, 1.807) is 7.11 Å². The first-order valence-electron chi connectivity index (χ1n) is 5.94. The summed E-state index contributed by atoms with van der Waals surface area (Å²) in [6.45, 7) is 4.53. The molecule has 0 amide bonds. The topological polar surface area (TPSA) is 29.5 Å². The van der Waals surface area contributed by atoms with Gasteiger partial charge in [-0.05, 0) is 55.9 Å². The maximum absolute atomic E-state index is 8.72. The van der Waals surface area contributed by atoms with Gasteiger partial charge in [-0.1, -0.05) is 12.5 Å². The lowest BCUT2D eigenvalue weighted by Gasteiger charge is -2.11. The Bertz CT molecular complexity index is 332. The van der Waals surface area contributed by atoms with E-state index in [9.17, 15) is 0 Å². The number of benzene rings is 1. The van der Waals surface area contributed by atoms with Gasteiger partial charge in [0.2, 0.25) is 0 Å². The number of hydrogen-bond donors (Lipinski definition) is 1. The number of methoxy groups -OCH3 is 1. The molecule has 0 spiro atoms. The van der Waals surface area contributed by atoms with E-state index in [2.05, 4.69) is 26.0 Å². The van der Waals surface area contributed by atoms with Crippen molar-refractivity contribution in [2.24, 2.45) is 0 Å². The molecule has 0 saturated heterocycles. The number of ether oxygens (including phenoxy) is 1. The average Bonchev–Trinajstić information content (AvgIpc) is 2.28. The summed E-state index contributed by atoms with van der Waals surface area (Å²) >= 11 is 0. The quantitative estimate of drug-likeness (QED) is 0.750. The van der Waals surface area contributed by atoms with Gasteiger partial charge in [0.15, 0.2) is 0 Å². The van der Waals surface area contributed by atoms with Gasteiger partial charge < -0.3 is 9.84 Å². The van der Waals surface area contributed by atoms with E-state index in [1.165, 1.54) is 16.7 Å². The van der Waals surface area contributed by atoms with Gasteiger partial charge in [-0.25, -0.2) is 0 Å². The van der Waals surface area contributed by atoms with E-state index < -0.39 is 0 Å². The first-order valence-corrected chi connectivity index (χ1v) is 5.94. The fourth-order valence-corrected chi connectivity index (χ4v) is 1.84. The molecular formula is C14H22O2. The highest BCUT2D eigenvalue weighted by atomic mass is 16.5. The smallest absolute Gasteiger partial charge is 0.122 e. The summed E-state index contributed by atoms with van der Waals surface area (Å²) < 4.78 is 5.39. The van der Waals surface area contributed by atoms with E-state index in [0.29, 0.717) is 6.61 Å². The van der Waals surface area contributed by atoms with Crippen molar-refractivity contribution in [3.63, 3.8) is 0 Å². The van der Waals surface area contributed by atoms with Crippen molar-refractivity contribution in [3.8, 4) is 5.75 Å². The van der Waals surface area contributed by atoms with Crippen LogP contribution in [0.3, 0.4) is 0 Å². The Labute approximate surface area is 98.3 Å². The van der Waals surface area contributed by atoms with Gasteiger partial charge in [0.25, 0.3) is 0 Å². The van der Waals surface area contributed by atoms with Crippen molar-refractivity contribution in [1.82, 2.24) is 0 Å². The van der Waals surface area contributed by atoms with Gasteiger partial charge in [-0.15, -0.1) is 0 Å².